The molecule has 0 radical (unpaired) electrons. The average molecular weight is 248 g/mol. The molecule has 0 bridgehead atoms. The van der Waals surface area contributed by atoms with Gasteiger partial charge in [-0.2, -0.15) is 0 Å². The van der Waals surface area contributed by atoms with Crippen LogP contribution in [0.15, 0.2) is 24.3 Å². The standard InChI is InChI=1S/C13H20N4O/c1-4-17(5-2)13(18)16(3)11-8-6-10(7-9-11)12(14)15/h6-9H,4-5H2,1-3H3,(H3,14,15). The van der Waals surface area contributed by atoms with Gasteiger partial charge in [-0.3, -0.25) is 10.3 Å². The number of rotatable bonds is 4. The van der Waals surface area contributed by atoms with Crippen molar-refractivity contribution in [1.29, 1.82) is 5.41 Å². The first-order valence-electron chi connectivity index (χ1n) is 5.98. The zero-order valence-corrected chi connectivity index (χ0v) is 11.1. The second-order valence-electron chi connectivity index (χ2n) is 3.97. The first-order valence-corrected chi connectivity index (χ1v) is 5.98. The quantitative estimate of drug-likeness (QED) is 0.630. The molecule has 18 heavy (non-hydrogen) atoms. The molecule has 0 aliphatic heterocycles. The lowest BCUT2D eigenvalue weighted by molar-refractivity contribution is 0.211. The predicted molar refractivity (Wildman–Crippen MR) is 74.2 cm³/mol. The van der Waals surface area contributed by atoms with Crippen LogP contribution in [0.25, 0.3) is 0 Å². The van der Waals surface area contributed by atoms with Crippen LogP contribution in [0.5, 0.6) is 0 Å². The molecule has 0 atom stereocenters. The van der Waals surface area contributed by atoms with Crippen molar-refractivity contribution in [2.24, 2.45) is 5.73 Å². The summed E-state index contributed by atoms with van der Waals surface area (Å²) in [7, 11) is 1.74. The second-order valence-corrected chi connectivity index (χ2v) is 3.97. The van der Waals surface area contributed by atoms with Gasteiger partial charge in [0.1, 0.15) is 5.84 Å². The summed E-state index contributed by atoms with van der Waals surface area (Å²) in [4.78, 5) is 15.5. The number of nitrogens with one attached hydrogen (secondary N) is 1. The van der Waals surface area contributed by atoms with Crippen LogP contribution in [0.2, 0.25) is 0 Å². The van der Waals surface area contributed by atoms with E-state index in [0.29, 0.717) is 18.7 Å². The number of nitrogen functional groups attached to an aromatic ring is 1. The molecule has 0 aromatic heterocycles. The number of amides is 2. The van der Waals surface area contributed by atoms with E-state index in [1.807, 2.05) is 13.8 Å². The average Bonchev–Trinajstić information content (AvgIpc) is 2.39. The highest BCUT2D eigenvalue weighted by atomic mass is 16.2. The fraction of sp³-hybridized carbons (Fsp3) is 0.385. The van der Waals surface area contributed by atoms with Gasteiger partial charge in [0.25, 0.3) is 0 Å². The number of carbonyl (C=O) groups excluding carboxylic acids is 1. The lowest BCUT2D eigenvalue weighted by Gasteiger charge is -2.26. The number of amidine groups is 1. The Balaban J connectivity index is 2.86. The third-order valence-corrected chi connectivity index (χ3v) is 2.89. The highest BCUT2D eigenvalue weighted by molar-refractivity contribution is 5.96. The van der Waals surface area contributed by atoms with Crippen molar-refractivity contribution in [3.8, 4) is 0 Å². The van der Waals surface area contributed by atoms with E-state index >= 15 is 0 Å². The minimum Gasteiger partial charge on any atom is -0.384 e. The first kappa shape index (κ1) is 14.0. The molecular formula is C13H20N4O. The molecule has 0 aliphatic rings. The molecule has 5 heteroatoms. The molecule has 98 valence electrons. The molecule has 1 rings (SSSR count). The van der Waals surface area contributed by atoms with Gasteiger partial charge in [0, 0.05) is 31.4 Å². The maximum absolute atomic E-state index is 12.1. The molecule has 1 aromatic rings. The van der Waals surface area contributed by atoms with Crippen molar-refractivity contribution >= 4 is 17.6 Å². The van der Waals surface area contributed by atoms with Crippen molar-refractivity contribution in [2.75, 3.05) is 25.0 Å². The van der Waals surface area contributed by atoms with Crippen LogP contribution >= 0.6 is 0 Å². The molecule has 5 nitrogen and oxygen atoms in total. The van der Waals surface area contributed by atoms with E-state index in [1.165, 1.54) is 0 Å². The number of hydrogen-bond acceptors (Lipinski definition) is 2. The minimum atomic E-state index is -0.0319. The van der Waals surface area contributed by atoms with Gasteiger partial charge in [-0.1, -0.05) is 0 Å². The Labute approximate surface area is 108 Å². The van der Waals surface area contributed by atoms with Gasteiger partial charge in [-0.25, -0.2) is 4.79 Å². The number of hydrogen-bond donors (Lipinski definition) is 2. The molecule has 2 amide bonds. The predicted octanol–water partition coefficient (Wildman–Crippen LogP) is 1.87. The number of nitrogens with zero attached hydrogens (tertiary/aromatic N) is 2. The summed E-state index contributed by atoms with van der Waals surface area (Å²) < 4.78 is 0. The summed E-state index contributed by atoms with van der Waals surface area (Å²) >= 11 is 0. The SMILES string of the molecule is CCN(CC)C(=O)N(C)c1ccc(C(=N)N)cc1. The van der Waals surface area contributed by atoms with Crippen molar-refractivity contribution in [3.63, 3.8) is 0 Å². The molecule has 3 N–H and O–H groups in total. The van der Waals surface area contributed by atoms with E-state index in [-0.39, 0.29) is 11.9 Å². The van der Waals surface area contributed by atoms with Crippen LogP contribution in [0.4, 0.5) is 10.5 Å². The highest BCUT2D eigenvalue weighted by Gasteiger charge is 2.16. The zero-order valence-electron chi connectivity index (χ0n) is 11.1. The van der Waals surface area contributed by atoms with E-state index in [4.69, 9.17) is 11.1 Å². The summed E-state index contributed by atoms with van der Waals surface area (Å²) in [5, 5.41) is 7.31. The Hall–Kier alpha value is -2.04. The third-order valence-electron chi connectivity index (χ3n) is 2.89. The Morgan fingerprint density at radius 3 is 2.11 bits per heavy atom. The molecule has 0 fully saturated rings. The fourth-order valence-corrected chi connectivity index (χ4v) is 1.68. The smallest absolute Gasteiger partial charge is 0.324 e. The number of urea groups is 1. The van der Waals surface area contributed by atoms with Crippen LogP contribution in [0.1, 0.15) is 19.4 Å². The molecule has 1 aromatic carbocycles. The van der Waals surface area contributed by atoms with Crippen LogP contribution < -0.4 is 10.6 Å². The fourth-order valence-electron chi connectivity index (χ4n) is 1.68. The molecular weight excluding hydrogens is 228 g/mol. The Morgan fingerprint density at radius 1 is 1.22 bits per heavy atom. The number of benzene rings is 1. The van der Waals surface area contributed by atoms with Gasteiger partial charge in [0.2, 0.25) is 0 Å². The Kier molecular flexibility index (Phi) is 4.71. The van der Waals surface area contributed by atoms with Gasteiger partial charge in [-0.05, 0) is 38.1 Å². The molecule has 0 unspecified atom stereocenters. The number of nitrogens with two attached hydrogens (primary N) is 1. The van der Waals surface area contributed by atoms with Crippen molar-refractivity contribution in [2.45, 2.75) is 13.8 Å². The van der Waals surface area contributed by atoms with E-state index in [2.05, 4.69) is 0 Å². The van der Waals surface area contributed by atoms with Crippen LogP contribution in [0.3, 0.4) is 0 Å². The lowest BCUT2D eigenvalue weighted by atomic mass is 10.2. The largest absolute Gasteiger partial charge is 0.384 e. The molecule has 0 saturated carbocycles. The van der Waals surface area contributed by atoms with Gasteiger partial charge < -0.3 is 10.6 Å². The van der Waals surface area contributed by atoms with Crippen molar-refractivity contribution in [1.82, 2.24) is 4.90 Å². The topological polar surface area (TPSA) is 73.4 Å². The van der Waals surface area contributed by atoms with E-state index in [1.54, 1.807) is 41.1 Å². The summed E-state index contributed by atoms with van der Waals surface area (Å²) in [6, 6.07) is 7.03. The Morgan fingerprint density at radius 2 is 1.72 bits per heavy atom. The van der Waals surface area contributed by atoms with Gasteiger partial charge in [0.15, 0.2) is 0 Å². The van der Waals surface area contributed by atoms with Crippen molar-refractivity contribution in [3.05, 3.63) is 29.8 Å². The van der Waals surface area contributed by atoms with E-state index in [9.17, 15) is 4.79 Å². The monoisotopic (exact) mass is 248 g/mol. The normalized spacial score (nSPS) is 9.94. The summed E-state index contributed by atoms with van der Waals surface area (Å²) in [6.07, 6.45) is 0. The molecule has 0 saturated heterocycles. The van der Waals surface area contributed by atoms with Gasteiger partial charge in [0.05, 0.1) is 0 Å². The van der Waals surface area contributed by atoms with Crippen LogP contribution in [-0.2, 0) is 0 Å². The summed E-state index contributed by atoms with van der Waals surface area (Å²) in [5.41, 5.74) is 6.83. The second kappa shape index (κ2) is 6.05. The van der Waals surface area contributed by atoms with Gasteiger partial charge in [-0.15, -0.1) is 0 Å². The number of carbonyl (C=O) groups is 1. The Bertz CT molecular complexity index is 423. The third kappa shape index (κ3) is 3.00. The van der Waals surface area contributed by atoms with Gasteiger partial charge >= 0.3 is 6.03 Å². The van der Waals surface area contributed by atoms with Crippen LogP contribution in [-0.4, -0.2) is 36.9 Å². The summed E-state index contributed by atoms with van der Waals surface area (Å²) in [5.74, 6) is 0.0271. The van der Waals surface area contributed by atoms with E-state index in [0.717, 1.165) is 5.69 Å². The minimum absolute atomic E-state index is 0.0271. The molecule has 0 aliphatic carbocycles. The zero-order chi connectivity index (χ0) is 13.7. The lowest BCUT2D eigenvalue weighted by Crippen LogP contribution is -2.41. The number of anilines is 1. The summed E-state index contributed by atoms with van der Waals surface area (Å²) in [6.45, 7) is 5.28. The highest BCUT2D eigenvalue weighted by Crippen LogP contribution is 2.15. The van der Waals surface area contributed by atoms with Crippen LogP contribution in [0, 0.1) is 5.41 Å². The molecule has 0 heterocycles. The maximum atomic E-state index is 12.1. The maximum Gasteiger partial charge on any atom is 0.324 e. The molecule has 0 spiro atoms. The van der Waals surface area contributed by atoms with Crippen molar-refractivity contribution < 1.29 is 4.79 Å². The van der Waals surface area contributed by atoms with E-state index < -0.39 is 0 Å². The first-order chi connectivity index (χ1) is 8.51.